The Kier molecular flexibility index (Phi) is 4.53. The highest BCUT2D eigenvalue weighted by molar-refractivity contribution is 6.32. The molecule has 122 valence electrons. The van der Waals surface area contributed by atoms with E-state index in [-0.39, 0.29) is 18.2 Å². The molecule has 3 rings (SSSR count). The number of benzene rings is 2. The van der Waals surface area contributed by atoms with E-state index >= 15 is 0 Å². The van der Waals surface area contributed by atoms with Crippen LogP contribution in [0.2, 0.25) is 5.02 Å². The number of fused-ring (bicyclic) bond motifs is 1. The topological polar surface area (TPSA) is 71.3 Å². The van der Waals surface area contributed by atoms with Gasteiger partial charge in [0.1, 0.15) is 5.58 Å². The van der Waals surface area contributed by atoms with Crippen LogP contribution < -0.4 is 10.9 Å². The quantitative estimate of drug-likeness (QED) is 0.717. The Morgan fingerprint density at radius 1 is 1.12 bits per heavy atom. The van der Waals surface area contributed by atoms with E-state index in [0.717, 1.165) is 10.9 Å². The van der Waals surface area contributed by atoms with Crippen LogP contribution in [0.25, 0.3) is 11.0 Å². The standard InChI is InChI=1S/C18H15ClN2O3/c1-11-7-16-14(9-15(11)19)13(10-24-16)8-17(22)20-21-18(23)12-5-3-2-4-6-12/h2-7,9-10H,8H2,1H3,(H,20,22)(H,21,23). The van der Waals surface area contributed by atoms with Crippen molar-refractivity contribution in [2.24, 2.45) is 0 Å². The maximum absolute atomic E-state index is 12.0. The van der Waals surface area contributed by atoms with Crippen LogP contribution in [-0.2, 0) is 11.2 Å². The number of halogens is 1. The van der Waals surface area contributed by atoms with Crippen molar-refractivity contribution < 1.29 is 14.0 Å². The lowest BCUT2D eigenvalue weighted by molar-refractivity contribution is -0.121. The minimum atomic E-state index is -0.375. The van der Waals surface area contributed by atoms with Gasteiger partial charge in [0.15, 0.2) is 0 Å². The molecule has 0 bridgehead atoms. The predicted octanol–water partition coefficient (Wildman–Crippen LogP) is 3.40. The second kappa shape index (κ2) is 6.76. The van der Waals surface area contributed by atoms with Crippen molar-refractivity contribution in [2.45, 2.75) is 13.3 Å². The first-order valence-corrected chi connectivity index (χ1v) is 7.73. The Balaban J connectivity index is 1.65. The monoisotopic (exact) mass is 342 g/mol. The van der Waals surface area contributed by atoms with E-state index in [0.29, 0.717) is 21.7 Å². The van der Waals surface area contributed by atoms with Crippen molar-refractivity contribution >= 4 is 34.4 Å². The second-order valence-corrected chi connectivity index (χ2v) is 5.81. The van der Waals surface area contributed by atoms with Crippen molar-refractivity contribution in [3.05, 3.63) is 70.4 Å². The van der Waals surface area contributed by atoms with Gasteiger partial charge >= 0.3 is 0 Å². The van der Waals surface area contributed by atoms with Crippen LogP contribution in [0.5, 0.6) is 0 Å². The summed E-state index contributed by atoms with van der Waals surface area (Å²) in [6.07, 6.45) is 1.60. The van der Waals surface area contributed by atoms with Gasteiger partial charge in [-0.2, -0.15) is 0 Å². The summed E-state index contributed by atoms with van der Waals surface area (Å²) in [5.41, 5.74) is 7.54. The zero-order chi connectivity index (χ0) is 17.1. The summed E-state index contributed by atoms with van der Waals surface area (Å²) in [5, 5.41) is 1.40. The van der Waals surface area contributed by atoms with Gasteiger partial charge in [-0.25, -0.2) is 0 Å². The first-order valence-electron chi connectivity index (χ1n) is 7.35. The van der Waals surface area contributed by atoms with Gasteiger partial charge in [0, 0.05) is 21.5 Å². The Labute approximate surface area is 143 Å². The van der Waals surface area contributed by atoms with Crippen LogP contribution >= 0.6 is 11.6 Å². The lowest BCUT2D eigenvalue weighted by Crippen LogP contribution is -2.42. The van der Waals surface area contributed by atoms with Crippen molar-refractivity contribution in [3.63, 3.8) is 0 Å². The van der Waals surface area contributed by atoms with Gasteiger partial charge < -0.3 is 4.42 Å². The summed E-state index contributed by atoms with van der Waals surface area (Å²) < 4.78 is 5.45. The van der Waals surface area contributed by atoms with Gasteiger partial charge in [-0.1, -0.05) is 29.8 Å². The fraction of sp³-hybridized carbons (Fsp3) is 0.111. The van der Waals surface area contributed by atoms with Gasteiger partial charge in [-0.05, 0) is 36.8 Å². The van der Waals surface area contributed by atoms with Crippen LogP contribution in [0.1, 0.15) is 21.5 Å². The number of carbonyl (C=O) groups is 2. The maximum Gasteiger partial charge on any atom is 0.269 e. The van der Waals surface area contributed by atoms with Crippen LogP contribution in [0, 0.1) is 6.92 Å². The molecule has 1 heterocycles. The van der Waals surface area contributed by atoms with Gasteiger partial charge in [0.25, 0.3) is 5.91 Å². The fourth-order valence-electron chi connectivity index (χ4n) is 2.34. The molecule has 3 aromatic rings. The Bertz CT molecular complexity index is 903. The number of hydrazine groups is 1. The summed E-state index contributed by atoms with van der Waals surface area (Å²) in [7, 11) is 0. The molecule has 6 heteroatoms. The van der Waals surface area contributed by atoms with Crippen LogP contribution in [0.15, 0.2) is 53.1 Å². The first kappa shape index (κ1) is 16.1. The normalized spacial score (nSPS) is 10.6. The molecule has 0 spiro atoms. The van der Waals surface area contributed by atoms with Crippen LogP contribution in [-0.4, -0.2) is 11.8 Å². The molecule has 0 aliphatic carbocycles. The number of hydrogen-bond acceptors (Lipinski definition) is 3. The van der Waals surface area contributed by atoms with E-state index in [4.69, 9.17) is 16.0 Å². The summed E-state index contributed by atoms with van der Waals surface area (Å²) in [6, 6.07) is 12.2. The Morgan fingerprint density at radius 2 is 1.88 bits per heavy atom. The van der Waals surface area contributed by atoms with E-state index in [1.807, 2.05) is 19.1 Å². The third-order valence-electron chi connectivity index (χ3n) is 3.64. The molecule has 0 saturated carbocycles. The zero-order valence-electron chi connectivity index (χ0n) is 12.9. The number of hydrogen-bond donors (Lipinski definition) is 2. The average Bonchev–Trinajstić information content (AvgIpc) is 2.95. The van der Waals surface area contributed by atoms with Crippen LogP contribution in [0.3, 0.4) is 0 Å². The highest BCUT2D eigenvalue weighted by atomic mass is 35.5. The van der Waals surface area contributed by atoms with E-state index < -0.39 is 0 Å². The maximum atomic E-state index is 12.0. The number of rotatable bonds is 3. The third kappa shape index (κ3) is 3.41. The number of furan rings is 1. The fourth-order valence-corrected chi connectivity index (χ4v) is 2.51. The molecule has 0 fully saturated rings. The smallest absolute Gasteiger partial charge is 0.269 e. The number of amides is 2. The number of nitrogens with one attached hydrogen (secondary N) is 2. The first-order chi connectivity index (χ1) is 11.5. The molecule has 0 aliphatic heterocycles. The molecule has 24 heavy (non-hydrogen) atoms. The number of aryl methyl sites for hydroxylation is 1. The molecule has 2 aromatic carbocycles. The molecule has 5 nitrogen and oxygen atoms in total. The molecule has 0 radical (unpaired) electrons. The SMILES string of the molecule is Cc1cc2occ(CC(=O)NNC(=O)c3ccccc3)c2cc1Cl. The lowest BCUT2D eigenvalue weighted by atomic mass is 10.1. The molecule has 0 saturated heterocycles. The van der Waals surface area contributed by atoms with Crippen molar-refractivity contribution in [1.82, 2.24) is 10.9 Å². The predicted molar refractivity (Wildman–Crippen MR) is 91.7 cm³/mol. The minimum Gasteiger partial charge on any atom is -0.464 e. The van der Waals surface area contributed by atoms with Gasteiger partial charge in [-0.3, -0.25) is 20.4 Å². The molecule has 0 atom stereocenters. The van der Waals surface area contributed by atoms with Gasteiger partial charge in [-0.15, -0.1) is 0 Å². The van der Waals surface area contributed by atoms with E-state index in [1.54, 1.807) is 30.3 Å². The second-order valence-electron chi connectivity index (χ2n) is 5.40. The Morgan fingerprint density at radius 3 is 2.62 bits per heavy atom. The van der Waals surface area contributed by atoms with Gasteiger partial charge in [0.2, 0.25) is 5.91 Å². The summed E-state index contributed by atoms with van der Waals surface area (Å²) in [4.78, 5) is 23.9. The van der Waals surface area contributed by atoms with Crippen LogP contribution in [0.4, 0.5) is 0 Å². The average molecular weight is 343 g/mol. The van der Waals surface area contributed by atoms with E-state index in [2.05, 4.69) is 10.9 Å². The summed E-state index contributed by atoms with van der Waals surface area (Å²) >= 11 is 6.12. The highest BCUT2D eigenvalue weighted by Gasteiger charge is 2.13. The molecule has 2 amide bonds. The molecular weight excluding hydrogens is 328 g/mol. The number of carbonyl (C=O) groups excluding carboxylic acids is 2. The molecule has 1 aromatic heterocycles. The Hall–Kier alpha value is -2.79. The van der Waals surface area contributed by atoms with E-state index in [1.165, 1.54) is 6.26 Å². The third-order valence-corrected chi connectivity index (χ3v) is 4.04. The van der Waals surface area contributed by atoms with Crippen molar-refractivity contribution in [1.29, 1.82) is 0 Å². The van der Waals surface area contributed by atoms with E-state index in [9.17, 15) is 9.59 Å². The highest BCUT2D eigenvalue weighted by Crippen LogP contribution is 2.27. The van der Waals surface area contributed by atoms with Crippen molar-refractivity contribution in [3.8, 4) is 0 Å². The largest absolute Gasteiger partial charge is 0.464 e. The minimum absolute atomic E-state index is 0.0709. The molecule has 0 unspecified atom stereocenters. The molecule has 0 aliphatic rings. The van der Waals surface area contributed by atoms with Gasteiger partial charge in [0.05, 0.1) is 12.7 Å². The lowest BCUT2D eigenvalue weighted by Gasteiger charge is -2.07. The summed E-state index contributed by atoms with van der Waals surface area (Å²) in [5.74, 6) is -0.724. The molecular formula is C18H15ClN2O3. The zero-order valence-corrected chi connectivity index (χ0v) is 13.7. The summed E-state index contributed by atoms with van der Waals surface area (Å²) in [6.45, 7) is 1.88. The van der Waals surface area contributed by atoms with Crippen molar-refractivity contribution in [2.75, 3.05) is 0 Å². The molecule has 2 N–H and O–H groups in total.